The molecule has 0 aliphatic carbocycles. The van der Waals surface area contributed by atoms with Crippen LogP contribution in [0.15, 0.2) is 0 Å². The van der Waals surface area contributed by atoms with Crippen LogP contribution in [0.3, 0.4) is 0 Å². The van der Waals surface area contributed by atoms with E-state index in [0.717, 1.165) is 0 Å². The topological polar surface area (TPSA) is 0 Å². The van der Waals surface area contributed by atoms with Gasteiger partial charge in [0, 0.05) is 19.5 Å². The van der Waals surface area contributed by atoms with E-state index in [1.54, 1.807) is 0 Å². The molecular weight excluding hydrogens is 417 g/mol. The largest absolute Gasteiger partial charge is 0 e. The molecule has 0 fully saturated rings. The molecule has 0 N–H and O–H groups in total. The maximum atomic E-state index is 2.25. The first-order valence-corrected chi connectivity index (χ1v) is 5.40. The summed E-state index contributed by atoms with van der Waals surface area (Å²) in [4.78, 5) is 0. The van der Waals surface area contributed by atoms with Crippen molar-refractivity contribution in [1.29, 1.82) is 0 Å². The Morgan fingerprint density at radius 1 is 1.00 bits per heavy atom. The molecule has 30 valence electrons. The summed E-state index contributed by atoms with van der Waals surface area (Å²) in [6.07, 6.45) is 0. The second-order valence-electron chi connectivity index (χ2n) is 0. The van der Waals surface area contributed by atoms with E-state index in [-0.39, 0.29) is 62.4 Å². The Balaban J connectivity index is -0.00000000167. The zero-order valence-electron chi connectivity index (χ0n) is 2.10. The molecule has 0 saturated heterocycles. The first-order valence-electron chi connectivity index (χ1n) is 0.200. The minimum absolute atomic E-state index is 0. The van der Waals surface area contributed by atoms with E-state index in [2.05, 4.69) is 28.4 Å². The minimum atomic E-state index is 0. The molecule has 0 rings (SSSR count). The van der Waals surface area contributed by atoms with Crippen molar-refractivity contribution < 1.29 is 19.5 Å². The standard InChI is InChI=1S/In.H2Se2.H2Se.Zn.3H/c;1-2;;;;;/h;1-2H;1H2;;;;. The summed E-state index contributed by atoms with van der Waals surface area (Å²) in [6.45, 7) is 0. The SMILES string of the molecule is [InH3].[SeH2].[SeH][SeH].[Zn]. The Morgan fingerprint density at radius 3 is 1.00 bits per heavy atom. The third kappa shape index (κ3) is 19.3. The van der Waals surface area contributed by atoms with Gasteiger partial charge in [0.1, 0.15) is 0 Å². The third-order valence-corrected chi connectivity index (χ3v) is 0. The summed E-state index contributed by atoms with van der Waals surface area (Å²) in [6, 6.07) is 0. The van der Waals surface area contributed by atoms with Gasteiger partial charge in [-0.25, -0.2) is 0 Å². The van der Waals surface area contributed by atoms with Crippen LogP contribution in [0.1, 0.15) is 0 Å². The zero-order valence-corrected chi connectivity index (χ0v) is 10.9. The van der Waals surface area contributed by atoms with Gasteiger partial charge in [0.15, 0.2) is 0 Å². The van der Waals surface area contributed by atoms with Crippen LogP contribution < -0.4 is 0 Å². The first-order chi connectivity index (χ1) is 1.00. The van der Waals surface area contributed by atoms with Gasteiger partial charge in [-0.05, 0) is 0 Å². The molecule has 5 heavy (non-hydrogen) atoms. The summed E-state index contributed by atoms with van der Waals surface area (Å²) >= 11 is 4.50. The normalized spacial score (nSPS) is 1.20. The molecular formula is H7InSe3Zn. The predicted octanol–water partition coefficient (Wildman–Crippen LogP) is -3.40. The van der Waals surface area contributed by atoms with Crippen molar-refractivity contribution in [3.63, 3.8) is 0 Å². The second kappa shape index (κ2) is 27.7. The summed E-state index contributed by atoms with van der Waals surface area (Å²) in [7, 11) is 0. The molecule has 0 aromatic carbocycles. The smallest absolute Gasteiger partial charge is 0 e. The second-order valence-corrected chi connectivity index (χ2v) is 0. The van der Waals surface area contributed by atoms with Gasteiger partial charge in [-0.15, -0.1) is 0 Å². The monoisotopic (exact) mass is 426 g/mol. The van der Waals surface area contributed by atoms with E-state index >= 15 is 0 Å². The van der Waals surface area contributed by atoms with Crippen LogP contribution in [-0.2, 0) is 19.5 Å². The van der Waals surface area contributed by atoms with Crippen LogP contribution in [0.2, 0.25) is 0 Å². The quantitative estimate of drug-likeness (QED) is 0.356. The van der Waals surface area contributed by atoms with Crippen LogP contribution in [0.5, 0.6) is 0 Å². The molecule has 0 amide bonds. The molecule has 0 bridgehead atoms. The number of hydrogen-bond donors (Lipinski definition) is 0. The maximum absolute atomic E-state index is 2.25. The first kappa shape index (κ1) is 24.4. The summed E-state index contributed by atoms with van der Waals surface area (Å²) in [5, 5.41) is 0. The van der Waals surface area contributed by atoms with Crippen molar-refractivity contribution in [2.45, 2.75) is 0 Å². The van der Waals surface area contributed by atoms with Crippen molar-refractivity contribution in [2.75, 3.05) is 0 Å². The summed E-state index contributed by atoms with van der Waals surface area (Å²) < 4.78 is 0. The van der Waals surface area contributed by atoms with Crippen molar-refractivity contribution in [1.82, 2.24) is 0 Å². The van der Waals surface area contributed by atoms with Gasteiger partial charge in [-0.1, -0.05) is 0 Å². The van der Waals surface area contributed by atoms with Gasteiger partial charge in [-0.2, -0.15) is 0 Å². The molecule has 0 aliphatic heterocycles. The van der Waals surface area contributed by atoms with Crippen LogP contribution in [0.4, 0.5) is 0 Å². The third-order valence-electron chi connectivity index (χ3n) is 0. The van der Waals surface area contributed by atoms with Crippen molar-refractivity contribution >= 4 is 71.3 Å². The van der Waals surface area contributed by atoms with Crippen LogP contribution in [0.25, 0.3) is 0 Å². The Hall–Kier alpha value is 3.05. The molecule has 0 saturated carbocycles. The average Bonchev–Trinajstić information content (AvgIpc) is 1.00. The summed E-state index contributed by atoms with van der Waals surface area (Å²) in [5.41, 5.74) is 0. The fourth-order valence-corrected chi connectivity index (χ4v) is 0. The van der Waals surface area contributed by atoms with Crippen LogP contribution in [0, 0.1) is 0 Å². The molecule has 0 unspecified atom stereocenters. The Morgan fingerprint density at radius 2 is 1.00 bits per heavy atom. The zero-order chi connectivity index (χ0) is 2.00. The van der Waals surface area contributed by atoms with E-state index in [4.69, 9.17) is 0 Å². The molecule has 0 aromatic rings. The van der Waals surface area contributed by atoms with Crippen molar-refractivity contribution in [3.05, 3.63) is 0 Å². The van der Waals surface area contributed by atoms with Gasteiger partial charge < -0.3 is 0 Å². The fraction of sp³-hybridized carbons (Fsp3) is 0. The predicted molar refractivity (Wildman–Crippen MR) is 32.8 cm³/mol. The summed E-state index contributed by atoms with van der Waals surface area (Å²) in [5.74, 6) is 0. The van der Waals surface area contributed by atoms with E-state index in [1.165, 1.54) is 0 Å². The number of hydrogen-bond acceptors (Lipinski definition) is 0. The van der Waals surface area contributed by atoms with E-state index < -0.39 is 0 Å². The average molecular weight is 424 g/mol. The molecule has 0 aliphatic rings. The molecule has 0 aromatic heterocycles. The number of rotatable bonds is 0. The molecule has 0 radical (unpaired) electrons. The maximum Gasteiger partial charge on any atom is 0 e. The van der Waals surface area contributed by atoms with E-state index in [1.807, 2.05) is 0 Å². The minimum Gasteiger partial charge on any atom is 0 e. The van der Waals surface area contributed by atoms with E-state index in [9.17, 15) is 0 Å². The van der Waals surface area contributed by atoms with Gasteiger partial charge in [0.25, 0.3) is 0 Å². The van der Waals surface area contributed by atoms with Crippen molar-refractivity contribution in [3.8, 4) is 0 Å². The van der Waals surface area contributed by atoms with Crippen molar-refractivity contribution in [2.24, 2.45) is 0 Å². The van der Waals surface area contributed by atoms with Gasteiger partial charge in [-0.3, -0.25) is 0 Å². The van der Waals surface area contributed by atoms with E-state index in [0.29, 0.717) is 0 Å². The molecule has 0 nitrogen and oxygen atoms in total. The van der Waals surface area contributed by atoms with Gasteiger partial charge in [0.05, 0.1) is 0 Å². The molecule has 0 spiro atoms. The Bertz CT molecular complexity index is 6.85. The Labute approximate surface area is 89.2 Å². The fourth-order valence-electron chi connectivity index (χ4n) is 0. The van der Waals surface area contributed by atoms with Gasteiger partial charge >= 0.3 is 71.3 Å². The van der Waals surface area contributed by atoms with Crippen LogP contribution >= 0.6 is 0 Å². The molecule has 0 atom stereocenters. The molecule has 5 heteroatoms. The van der Waals surface area contributed by atoms with Crippen LogP contribution in [-0.4, -0.2) is 71.3 Å². The van der Waals surface area contributed by atoms with Gasteiger partial charge in [0.2, 0.25) is 0 Å². The molecule has 0 heterocycles. The Kier molecular flexibility index (Phi) is 135.